The predicted octanol–water partition coefficient (Wildman–Crippen LogP) is 2.10. The molecule has 0 bridgehead atoms. The lowest BCUT2D eigenvalue weighted by Crippen LogP contribution is -2.49. The molecular formula is C15H20N2O3. The van der Waals surface area contributed by atoms with Crippen LogP contribution in [0.5, 0.6) is 0 Å². The predicted molar refractivity (Wildman–Crippen MR) is 75.3 cm³/mol. The smallest absolute Gasteiger partial charge is 0.335 e. The molecule has 1 saturated heterocycles. The molecule has 2 unspecified atom stereocenters. The van der Waals surface area contributed by atoms with Crippen LogP contribution in [0, 0.1) is 0 Å². The van der Waals surface area contributed by atoms with Crippen molar-refractivity contribution < 1.29 is 14.6 Å². The minimum absolute atomic E-state index is 0.282. The zero-order valence-corrected chi connectivity index (χ0v) is 11.7. The number of morpholine rings is 1. The lowest BCUT2D eigenvalue weighted by atomic mass is 10.1. The number of aromatic carboxylic acids is 1. The van der Waals surface area contributed by atoms with Crippen molar-refractivity contribution in [2.45, 2.75) is 44.8 Å². The van der Waals surface area contributed by atoms with E-state index in [4.69, 9.17) is 4.74 Å². The number of ether oxygens (including phenoxy) is 1. The number of rotatable bonds is 3. The van der Waals surface area contributed by atoms with Crippen molar-refractivity contribution in [3.05, 3.63) is 23.4 Å². The van der Waals surface area contributed by atoms with Crippen LogP contribution >= 0.6 is 0 Å². The maximum absolute atomic E-state index is 11.3. The summed E-state index contributed by atoms with van der Waals surface area (Å²) in [6.45, 7) is 3.48. The molecule has 0 spiro atoms. The highest BCUT2D eigenvalue weighted by molar-refractivity contribution is 5.88. The van der Waals surface area contributed by atoms with Crippen molar-refractivity contribution >= 4 is 11.8 Å². The number of fused-ring (bicyclic) bond motifs is 1. The summed E-state index contributed by atoms with van der Waals surface area (Å²) in [7, 11) is 0. The van der Waals surface area contributed by atoms with Crippen LogP contribution in [0.4, 0.5) is 5.82 Å². The van der Waals surface area contributed by atoms with E-state index in [0.717, 1.165) is 37.3 Å². The summed E-state index contributed by atoms with van der Waals surface area (Å²) in [6.07, 6.45) is 4.40. The van der Waals surface area contributed by atoms with Crippen LogP contribution in [0.1, 0.15) is 42.2 Å². The first-order valence-electron chi connectivity index (χ1n) is 7.31. The van der Waals surface area contributed by atoms with Crippen molar-refractivity contribution in [2.24, 2.45) is 0 Å². The summed E-state index contributed by atoms with van der Waals surface area (Å²) in [4.78, 5) is 18.1. The van der Waals surface area contributed by atoms with Crippen molar-refractivity contribution in [1.82, 2.24) is 4.98 Å². The Morgan fingerprint density at radius 1 is 1.50 bits per heavy atom. The van der Waals surface area contributed by atoms with Crippen LogP contribution in [0.2, 0.25) is 0 Å². The Morgan fingerprint density at radius 3 is 3.10 bits per heavy atom. The van der Waals surface area contributed by atoms with Crippen molar-refractivity contribution in [3.8, 4) is 0 Å². The quantitative estimate of drug-likeness (QED) is 0.916. The average molecular weight is 276 g/mol. The molecule has 108 valence electrons. The van der Waals surface area contributed by atoms with Crippen molar-refractivity contribution in [3.63, 3.8) is 0 Å². The molecule has 1 aromatic rings. The Labute approximate surface area is 118 Å². The molecule has 0 aromatic carbocycles. The molecule has 1 aromatic heterocycles. The first-order chi connectivity index (χ1) is 9.69. The molecule has 1 aliphatic carbocycles. The molecule has 3 rings (SSSR count). The Balaban J connectivity index is 1.95. The van der Waals surface area contributed by atoms with Crippen molar-refractivity contribution in [2.75, 3.05) is 18.1 Å². The van der Waals surface area contributed by atoms with Crippen LogP contribution in [0.3, 0.4) is 0 Å². The lowest BCUT2D eigenvalue weighted by molar-refractivity contribution is 0.0253. The Kier molecular flexibility index (Phi) is 3.61. The molecule has 1 N–H and O–H groups in total. The minimum Gasteiger partial charge on any atom is -0.478 e. The highest BCUT2D eigenvalue weighted by Gasteiger charge is 2.36. The number of carboxylic acids is 1. The SMILES string of the molecule is CCc1cc(C(=O)O)cc(N2CCOC3CCCC32)n1. The van der Waals surface area contributed by atoms with Gasteiger partial charge >= 0.3 is 5.97 Å². The number of aromatic nitrogens is 1. The summed E-state index contributed by atoms with van der Waals surface area (Å²) in [5.41, 5.74) is 1.16. The fourth-order valence-electron chi connectivity index (χ4n) is 3.23. The summed E-state index contributed by atoms with van der Waals surface area (Å²) in [6, 6.07) is 3.71. The van der Waals surface area contributed by atoms with E-state index in [0.29, 0.717) is 18.2 Å². The van der Waals surface area contributed by atoms with Crippen LogP contribution < -0.4 is 4.90 Å². The van der Waals surface area contributed by atoms with Gasteiger partial charge in [-0.1, -0.05) is 6.92 Å². The van der Waals surface area contributed by atoms with E-state index in [9.17, 15) is 9.90 Å². The summed E-state index contributed by atoms with van der Waals surface area (Å²) in [5.74, 6) is -0.0958. The average Bonchev–Trinajstić information content (AvgIpc) is 2.94. The standard InChI is InChI=1S/C15H20N2O3/c1-2-11-8-10(15(18)19)9-14(16-11)17-6-7-20-13-5-3-4-12(13)17/h8-9,12-13H,2-7H2,1H3,(H,18,19). The third-order valence-electron chi connectivity index (χ3n) is 4.25. The maximum Gasteiger partial charge on any atom is 0.335 e. The van der Waals surface area contributed by atoms with Crippen LogP contribution in [-0.2, 0) is 11.2 Å². The number of aryl methyl sites for hydroxylation is 1. The molecule has 1 saturated carbocycles. The van der Waals surface area contributed by atoms with Gasteiger partial charge in [-0.25, -0.2) is 9.78 Å². The topological polar surface area (TPSA) is 62.7 Å². The molecule has 2 heterocycles. The van der Waals surface area contributed by atoms with Crippen LogP contribution in [0.15, 0.2) is 12.1 Å². The van der Waals surface area contributed by atoms with Gasteiger partial charge in [0.15, 0.2) is 0 Å². The number of hydrogen-bond donors (Lipinski definition) is 1. The Hall–Kier alpha value is -1.62. The van der Waals surface area contributed by atoms with E-state index in [-0.39, 0.29) is 6.10 Å². The van der Waals surface area contributed by atoms with E-state index in [1.165, 1.54) is 6.42 Å². The molecule has 2 atom stereocenters. The number of pyridine rings is 1. The van der Waals surface area contributed by atoms with Crippen LogP contribution in [-0.4, -0.2) is 41.4 Å². The maximum atomic E-state index is 11.3. The fraction of sp³-hybridized carbons (Fsp3) is 0.600. The highest BCUT2D eigenvalue weighted by atomic mass is 16.5. The van der Waals surface area contributed by atoms with Crippen LogP contribution in [0.25, 0.3) is 0 Å². The normalized spacial score (nSPS) is 25.6. The van der Waals surface area contributed by atoms with E-state index in [2.05, 4.69) is 9.88 Å². The van der Waals surface area contributed by atoms with Gasteiger partial charge in [0.2, 0.25) is 0 Å². The first kappa shape index (κ1) is 13.4. The Bertz CT molecular complexity index is 518. The van der Waals surface area contributed by atoms with Gasteiger partial charge in [0.25, 0.3) is 0 Å². The third kappa shape index (κ3) is 2.38. The molecule has 2 aliphatic rings. The van der Waals surface area contributed by atoms with Gasteiger partial charge in [0, 0.05) is 12.2 Å². The first-order valence-corrected chi connectivity index (χ1v) is 7.31. The van der Waals surface area contributed by atoms with Gasteiger partial charge in [-0.2, -0.15) is 0 Å². The zero-order valence-electron chi connectivity index (χ0n) is 11.7. The molecular weight excluding hydrogens is 256 g/mol. The van der Waals surface area contributed by atoms with Gasteiger partial charge in [-0.3, -0.25) is 0 Å². The molecule has 5 heteroatoms. The fourth-order valence-corrected chi connectivity index (χ4v) is 3.23. The van der Waals surface area contributed by atoms with E-state index in [1.807, 2.05) is 6.92 Å². The minimum atomic E-state index is -0.889. The number of carbonyl (C=O) groups is 1. The number of nitrogens with zero attached hydrogens (tertiary/aromatic N) is 2. The molecule has 2 fully saturated rings. The molecule has 1 aliphatic heterocycles. The van der Waals surface area contributed by atoms with Gasteiger partial charge in [0.05, 0.1) is 24.3 Å². The molecule has 0 amide bonds. The second-order valence-electron chi connectivity index (χ2n) is 5.46. The zero-order chi connectivity index (χ0) is 14.1. The second kappa shape index (κ2) is 5.40. The van der Waals surface area contributed by atoms with Gasteiger partial charge in [-0.05, 0) is 37.8 Å². The second-order valence-corrected chi connectivity index (χ2v) is 5.46. The van der Waals surface area contributed by atoms with E-state index >= 15 is 0 Å². The summed E-state index contributed by atoms with van der Waals surface area (Å²) in [5, 5.41) is 9.24. The molecule has 0 radical (unpaired) electrons. The van der Waals surface area contributed by atoms with Gasteiger partial charge < -0.3 is 14.7 Å². The third-order valence-corrected chi connectivity index (χ3v) is 4.25. The monoisotopic (exact) mass is 276 g/mol. The Morgan fingerprint density at radius 2 is 2.35 bits per heavy atom. The number of hydrogen-bond acceptors (Lipinski definition) is 4. The van der Waals surface area contributed by atoms with Gasteiger partial charge in [-0.15, -0.1) is 0 Å². The van der Waals surface area contributed by atoms with E-state index in [1.54, 1.807) is 12.1 Å². The number of carboxylic acid groups (broad SMARTS) is 1. The number of anilines is 1. The largest absolute Gasteiger partial charge is 0.478 e. The lowest BCUT2D eigenvalue weighted by Gasteiger charge is -2.38. The summed E-state index contributed by atoms with van der Waals surface area (Å²) >= 11 is 0. The van der Waals surface area contributed by atoms with Crippen molar-refractivity contribution in [1.29, 1.82) is 0 Å². The van der Waals surface area contributed by atoms with Gasteiger partial charge in [0.1, 0.15) is 5.82 Å². The highest BCUT2D eigenvalue weighted by Crippen LogP contribution is 2.32. The molecule has 5 nitrogen and oxygen atoms in total. The van der Waals surface area contributed by atoms with E-state index < -0.39 is 5.97 Å². The molecule has 20 heavy (non-hydrogen) atoms. The summed E-state index contributed by atoms with van der Waals surface area (Å²) < 4.78 is 5.80.